The zero-order chi connectivity index (χ0) is 18.7. The topological polar surface area (TPSA) is 62.3 Å². The molecule has 0 aromatic carbocycles. The van der Waals surface area contributed by atoms with Crippen molar-refractivity contribution in [2.75, 3.05) is 17.2 Å². The second-order valence-corrected chi connectivity index (χ2v) is 8.74. The van der Waals surface area contributed by atoms with E-state index in [0.29, 0.717) is 6.54 Å². The van der Waals surface area contributed by atoms with Gasteiger partial charge in [0.1, 0.15) is 5.03 Å². The highest BCUT2D eigenvalue weighted by molar-refractivity contribution is 7.99. The fourth-order valence-corrected chi connectivity index (χ4v) is 4.96. The normalized spacial score (nSPS) is 22.7. The molecule has 1 aliphatic heterocycles. The van der Waals surface area contributed by atoms with Gasteiger partial charge in [-0.3, -0.25) is 9.59 Å². The lowest BCUT2D eigenvalue weighted by Gasteiger charge is -2.30. The number of carbonyl (C=O) groups is 2. The maximum atomic E-state index is 12.7. The van der Waals surface area contributed by atoms with Gasteiger partial charge in [0.15, 0.2) is 0 Å². The van der Waals surface area contributed by atoms with Crippen LogP contribution in [0.25, 0.3) is 0 Å². The summed E-state index contributed by atoms with van der Waals surface area (Å²) in [5.41, 5.74) is 2.98. The Morgan fingerprint density at radius 3 is 2.69 bits per heavy atom. The molecule has 1 aromatic heterocycles. The van der Waals surface area contributed by atoms with Gasteiger partial charge in [0.05, 0.1) is 5.69 Å². The first-order chi connectivity index (χ1) is 12.4. The van der Waals surface area contributed by atoms with Crippen LogP contribution in [0.2, 0.25) is 0 Å². The van der Waals surface area contributed by atoms with E-state index in [9.17, 15) is 9.59 Å². The maximum absolute atomic E-state index is 12.7. The van der Waals surface area contributed by atoms with E-state index >= 15 is 0 Å². The van der Waals surface area contributed by atoms with E-state index in [4.69, 9.17) is 0 Å². The van der Waals surface area contributed by atoms with Gasteiger partial charge in [-0.15, -0.1) is 11.8 Å². The number of fused-ring (bicyclic) bond motifs is 1. The van der Waals surface area contributed by atoms with Gasteiger partial charge in [-0.2, -0.15) is 0 Å². The van der Waals surface area contributed by atoms with Crippen molar-refractivity contribution >= 4 is 29.3 Å². The number of nitrogens with zero attached hydrogens (tertiary/aromatic N) is 2. The van der Waals surface area contributed by atoms with Crippen LogP contribution in [-0.4, -0.2) is 35.1 Å². The minimum absolute atomic E-state index is 0.00302. The van der Waals surface area contributed by atoms with Crippen LogP contribution in [0.3, 0.4) is 0 Å². The predicted octanol–water partition coefficient (Wildman–Crippen LogP) is 3.61. The smallest absolute Gasteiger partial charge is 0.227 e. The van der Waals surface area contributed by atoms with Crippen molar-refractivity contribution in [2.24, 2.45) is 5.92 Å². The number of aromatic nitrogens is 1. The standard InChI is InChI=1S/C20H29N3O2S/c1-13-4-6-16(7-5-13)22-17(24)8-9-18(25)23-10-11-26-20-19(23)14(2)12-15(3)21-20/h12-13,16H,4-11H2,1-3H3,(H,22,24). The number of hydrogen-bond donors (Lipinski definition) is 1. The number of nitrogens with one attached hydrogen (secondary N) is 1. The number of carbonyl (C=O) groups excluding carboxylic acids is 2. The van der Waals surface area contributed by atoms with Crippen molar-refractivity contribution in [1.29, 1.82) is 0 Å². The van der Waals surface area contributed by atoms with Gasteiger partial charge in [0.25, 0.3) is 0 Å². The molecule has 0 bridgehead atoms. The van der Waals surface area contributed by atoms with E-state index in [0.717, 1.165) is 46.5 Å². The largest absolute Gasteiger partial charge is 0.353 e. The average Bonchev–Trinajstić information content (AvgIpc) is 2.61. The van der Waals surface area contributed by atoms with Crippen molar-refractivity contribution in [3.05, 3.63) is 17.3 Å². The van der Waals surface area contributed by atoms with Crippen molar-refractivity contribution in [3.63, 3.8) is 0 Å². The summed E-state index contributed by atoms with van der Waals surface area (Å²) in [5.74, 6) is 1.64. The average molecular weight is 376 g/mol. The molecule has 1 N–H and O–H groups in total. The molecule has 0 saturated heterocycles. The Labute approximate surface area is 160 Å². The van der Waals surface area contributed by atoms with Crippen molar-refractivity contribution in [2.45, 2.75) is 70.4 Å². The monoisotopic (exact) mass is 375 g/mol. The van der Waals surface area contributed by atoms with E-state index < -0.39 is 0 Å². The van der Waals surface area contributed by atoms with E-state index in [2.05, 4.69) is 17.2 Å². The number of anilines is 1. The van der Waals surface area contributed by atoms with Crippen molar-refractivity contribution < 1.29 is 9.59 Å². The van der Waals surface area contributed by atoms with E-state index in [1.165, 1.54) is 12.8 Å². The van der Waals surface area contributed by atoms with Crippen LogP contribution >= 0.6 is 11.8 Å². The van der Waals surface area contributed by atoms with E-state index in [1.807, 2.05) is 24.8 Å². The summed E-state index contributed by atoms with van der Waals surface area (Å²) in [7, 11) is 0. The summed E-state index contributed by atoms with van der Waals surface area (Å²) in [4.78, 5) is 31.4. The van der Waals surface area contributed by atoms with Gasteiger partial charge in [-0.25, -0.2) is 4.98 Å². The molecule has 1 fully saturated rings. The highest BCUT2D eigenvalue weighted by Crippen LogP contribution is 2.36. The summed E-state index contributed by atoms with van der Waals surface area (Å²) in [6.07, 6.45) is 4.99. The Morgan fingerprint density at radius 2 is 1.96 bits per heavy atom. The van der Waals surface area contributed by atoms with Gasteiger partial charge >= 0.3 is 0 Å². The minimum Gasteiger partial charge on any atom is -0.353 e. The van der Waals surface area contributed by atoms with E-state index in [-0.39, 0.29) is 30.7 Å². The first-order valence-corrected chi connectivity index (χ1v) is 10.6. The Hall–Kier alpha value is -1.56. The van der Waals surface area contributed by atoms with Crippen molar-refractivity contribution in [3.8, 4) is 0 Å². The van der Waals surface area contributed by atoms with Gasteiger partial charge in [-0.1, -0.05) is 6.92 Å². The first-order valence-electron chi connectivity index (χ1n) is 9.65. The molecule has 1 aromatic rings. The molecule has 0 atom stereocenters. The molecule has 26 heavy (non-hydrogen) atoms. The summed E-state index contributed by atoms with van der Waals surface area (Å²) >= 11 is 1.70. The fraction of sp³-hybridized carbons (Fsp3) is 0.650. The predicted molar refractivity (Wildman–Crippen MR) is 106 cm³/mol. The van der Waals surface area contributed by atoms with Gasteiger partial charge < -0.3 is 10.2 Å². The third kappa shape index (κ3) is 4.58. The Kier molecular flexibility index (Phi) is 6.22. The lowest BCUT2D eigenvalue weighted by molar-refractivity contribution is -0.125. The van der Waals surface area contributed by atoms with Crippen LogP contribution in [0.15, 0.2) is 11.1 Å². The zero-order valence-electron chi connectivity index (χ0n) is 16.0. The fourth-order valence-electron chi connectivity index (χ4n) is 3.88. The number of rotatable bonds is 4. The van der Waals surface area contributed by atoms with Crippen LogP contribution in [0, 0.1) is 19.8 Å². The highest BCUT2D eigenvalue weighted by atomic mass is 32.2. The Bertz CT molecular complexity index is 684. The molecule has 5 nitrogen and oxygen atoms in total. The van der Waals surface area contributed by atoms with Crippen LogP contribution in [0.5, 0.6) is 0 Å². The quantitative estimate of drug-likeness (QED) is 0.873. The molecule has 2 aliphatic rings. The SMILES string of the molecule is Cc1cc(C)c2c(n1)SCCN2C(=O)CCC(=O)NC1CCC(C)CC1. The number of amides is 2. The summed E-state index contributed by atoms with van der Waals surface area (Å²) < 4.78 is 0. The lowest BCUT2D eigenvalue weighted by Crippen LogP contribution is -2.39. The third-order valence-electron chi connectivity index (χ3n) is 5.35. The molecular weight excluding hydrogens is 346 g/mol. The van der Waals surface area contributed by atoms with Gasteiger partial charge in [0, 0.05) is 36.9 Å². The molecule has 3 rings (SSSR count). The molecule has 1 aliphatic carbocycles. The number of thioether (sulfide) groups is 1. The number of aryl methyl sites for hydroxylation is 2. The molecule has 6 heteroatoms. The van der Waals surface area contributed by atoms with Crippen LogP contribution < -0.4 is 10.2 Å². The molecule has 0 radical (unpaired) electrons. The van der Waals surface area contributed by atoms with E-state index in [1.54, 1.807) is 11.8 Å². The second-order valence-electron chi connectivity index (χ2n) is 7.65. The number of hydrogen-bond acceptors (Lipinski definition) is 4. The molecule has 0 spiro atoms. The lowest BCUT2D eigenvalue weighted by atomic mass is 9.87. The molecular formula is C20H29N3O2S. The van der Waals surface area contributed by atoms with Gasteiger partial charge in [-0.05, 0) is 57.1 Å². The zero-order valence-corrected chi connectivity index (χ0v) is 16.8. The molecule has 2 amide bonds. The van der Waals surface area contributed by atoms with Crippen LogP contribution in [-0.2, 0) is 9.59 Å². The summed E-state index contributed by atoms with van der Waals surface area (Å²) in [6.45, 7) is 6.95. The Balaban J connectivity index is 1.55. The molecule has 0 unspecified atom stereocenters. The first kappa shape index (κ1) is 19.2. The second kappa shape index (κ2) is 8.42. The molecule has 1 saturated carbocycles. The van der Waals surface area contributed by atoms with Gasteiger partial charge in [0.2, 0.25) is 11.8 Å². The Morgan fingerprint density at radius 1 is 1.23 bits per heavy atom. The third-order valence-corrected chi connectivity index (χ3v) is 6.30. The summed E-state index contributed by atoms with van der Waals surface area (Å²) in [5, 5.41) is 4.04. The highest BCUT2D eigenvalue weighted by Gasteiger charge is 2.27. The summed E-state index contributed by atoms with van der Waals surface area (Å²) in [6, 6.07) is 2.30. The van der Waals surface area contributed by atoms with Crippen LogP contribution in [0.1, 0.15) is 56.7 Å². The number of pyridine rings is 1. The minimum atomic E-state index is 0.00302. The molecule has 2 heterocycles. The maximum Gasteiger partial charge on any atom is 0.227 e. The van der Waals surface area contributed by atoms with Crippen molar-refractivity contribution in [1.82, 2.24) is 10.3 Å². The van der Waals surface area contributed by atoms with Crippen LogP contribution in [0.4, 0.5) is 5.69 Å². The molecule has 142 valence electrons.